The van der Waals surface area contributed by atoms with Gasteiger partial charge >= 0.3 is 0 Å². The van der Waals surface area contributed by atoms with Crippen LogP contribution in [0.25, 0.3) is 0 Å². The second-order valence-corrected chi connectivity index (χ2v) is 6.58. The molecule has 2 amide bonds. The number of rotatable bonds is 5. The molecule has 138 valence electrons. The zero-order chi connectivity index (χ0) is 19.2. The number of ether oxygens (including phenoxy) is 1. The molecular weight excluding hydrogens is 342 g/mol. The summed E-state index contributed by atoms with van der Waals surface area (Å²) in [7, 11) is 0. The van der Waals surface area contributed by atoms with Gasteiger partial charge in [-0.25, -0.2) is 0 Å². The van der Waals surface area contributed by atoms with E-state index in [-0.39, 0.29) is 24.3 Å². The van der Waals surface area contributed by atoms with Gasteiger partial charge in [-0.05, 0) is 37.1 Å². The van der Waals surface area contributed by atoms with E-state index in [2.05, 4.69) is 6.07 Å². The van der Waals surface area contributed by atoms with Crippen LogP contribution < -0.4 is 10.5 Å². The molecule has 2 aromatic carbocycles. The lowest BCUT2D eigenvalue weighted by Gasteiger charge is -2.31. The number of nitrogens with two attached hydrogens (primary N) is 1. The first-order chi connectivity index (χ1) is 13.1. The fraction of sp³-hybridized carbons (Fsp3) is 0.286. The van der Waals surface area contributed by atoms with Crippen molar-refractivity contribution < 1.29 is 14.3 Å². The van der Waals surface area contributed by atoms with Crippen molar-refractivity contribution in [3.05, 3.63) is 65.2 Å². The van der Waals surface area contributed by atoms with Crippen LogP contribution in [0.15, 0.2) is 48.5 Å². The van der Waals surface area contributed by atoms with Gasteiger partial charge in [-0.15, -0.1) is 0 Å². The summed E-state index contributed by atoms with van der Waals surface area (Å²) >= 11 is 0. The van der Waals surface area contributed by atoms with E-state index in [1.165, 1.54) is 0 Å². The zero-order valence-electron chi connectivity index (χ0n) is 14.9. The predicted octanol–water partition coefficient (Wildman–Crippen LogP) is 2.47. The van der Waals surface area contributed by atoms with E-state index in [0.29, 0.717) is 30.0 Å². The second-order valence-electron chi connectivity index (χ2n) is 6.58. The topological polar surface area (TPSA) is 96.4 Å². The van der Waals surface area contributed by atoms with Crippen molar-refractivity contribution in [3.8, 4) is 11.8 Å². The van der Waals surface area contributed by atoms with E-state index in [4.69, 9.17) is 15.7 Å². The smallest absolute Gasteiger partial charge is 0.254 e. The Morgan fingerprint density at radius 1 is 1.22 bits per heavy atom. The summed E-state index contributed by atoms with van der Waals surface area (Å²) in [5.41, 5.74) is 7.25. The highest BCUT2D eigenvalue weighted by molar-refractivity contribution is 5.95. The minimum atomic E-state index is -0.360. The number of hydrogen-bond acceptors (Lipinski definition) is 4. The van der Waals surface area contributed by atoms with Crippen LogP contribution >= 0.6 is 0 Å². The van der Waals surface area contributed by atoms with Crippen molar-refractivity contribution in [3.63, 3.8) is 0 Å². The van der Waals surface area contributed by atoms with E-state index in [1.54, 1.807) is 41.3 Å². The fourth-order valence-corrected chi connectivity index (χ4v) is 3.21. The average Bonchev–Trinajstić information content (AvgIpc) is 2.72. The largest absolute Gasteiger partial charge is 0.489 e. The van der Waals surface area contributed by atoms with Gasteiger partial charge in [0.1, 0.15) is 12.4 Å². The molecule has 0 aliphatic carbocycles. The molecule has 0 bridgehead atoms. The maximum atomic E-state index is 12.8. The van der Waals surface area contributed by atoms with Crippen LogP contribution in [0.3, 0.4) is 0 Å². The van der Waals surface area contributed by atoms with Gasteiger partial charge < -0.3 is 15.4 Å². The molecule has 0 aromatic heterocycles. The molecule has 0 saturated carbocycles. The van der Waals surface area contributed by atoms with Crippen molar-refractivity contribution in [2.75, 3.05) is 13.1 Å². The molecule has 2 N–H and O–H groups in total. The highest BCUT2D eigenvalue weighted by Crippen LogP contribution is 2.21. The normalized spacial score (nSPS) is 16.4. The van der Waals surface area contributed by atoms with Gasteiger partial charge in [0, 0.05) is 24.2 Å². The highest BCUT2D eigenvalue weighted by Gasteiger charge is 2.27. The molecule has 1 saturated heterocycles. The average molecular weight is 363 g/mol. The van der Waals surface area contributed by atoms with Crippen LogP contribution in [0, 0.1) is 17.2 Å². The molecule has 1 atom stereocenters. The first kappa shape index (κ1) is 18.5. The highest BCUT2D eigenvalue weighted by atomic mass is 16.5. The van der Waals surface area contributed by atoms with E-state index >= 15 is 0 Å². The Labute approximate surface area is 158 Å². The number of amides is 2. The van der Waals surface area contributed by atoms with Crippen molar-refractivity contribution in [1.29, 1.82) is 5.26 Å². The van der Waals surface area contributed by atoms with Gasteiger partial charge in [0.25, 0.3) is 5.91 Å². The van der Waals surface area contributed by atoms with Gasteiger partial charge in [-0.1, -0.05) is 24.3 Å². The second kappa shape index (κ2) is 8.37. The molecule has 6 nitrogen and oxygen atoms in total. The molecule has 2 aromatic rings. The molecular formula is C21H21N3O3. The van der Waals surface area contributed by atoms with Gasteiger partial charge in [-0.3, -0.25) is 9.59 Å². The zero-order valence-corrected chi connectivity index (χ0v) is 14.9. The Morgan fingerprint density at radius 2 is 2.04 bits per heavy atom. The van der Waals surface area contributed by atoms with E-state index < -0.39 is 0 Å². The molecule has 0 spiro atoms. The summed E-state index contributed by atoms with van der Waals surface area (Å²) in [6.07, 6.45) is 1.49. The monoisotopic (exact) mass is 363 g/mol. The number of hydrogen-bond donors (Lipinski definition) is 1. The van der Waals surface area contributed by atoms with Crippen LogP contribution in [0.4, 0.5) is 0 Å². The molecule has 1 unspecified atom stereocenters. The number of nitriles is 1. The number of carbonyl (C=O) groups excluding carboxylic acids is 2. The van der Waals surface area contributed by atoms with E-state index in [9.17, 15) is 9.59 Å². The first-order valence-corrected chi connectivity index (χ1v) is 8.88. The maximum absolute atomic E-state index is 12.8. The Hall–Kier alpha value is -3.33. The fourth-order valence-electron chi connectivity index (χ4n) is 3.21. The SMILES string of the molecule is N#Cc1ccccc1COc1cccc(C(=O)N2CCCC(C(N)=O)C2)c1. The third-order valence-electron chi connectivity index (χ3n) is 4.72. The molecule has 0 radical (unpaired) electrons. The standard InChI is InChI=1S/C21H21N3O3/c22-12-16-5-1-2-6-18(16)14-27-19-9-3-7-15(11-19)21(26)24-10-4-8-17(13-24)20(23)25/h1-3,5-7,9,11,17H,4,8,10,13-14H2,(H2,23,25). The van der Waals surface area contributed by atoms with Crippen molar-refractivity contribution >= 4 is 11.8 Å². The van der Waals surface area contributed by atoms with Crippen LogP contribution in [-0.4, -0.2) is 29.8 Å². The number of likely N-dealkylation sites (tertiary alicyclic amines) is 1. The summed E-state index contributed by atoms with van der Waals surface area (Å²) in [5.74, 6) is -0.230. The van der Waals surface area contributed by atoms with Gasteiger partial charge in [0.05, 0.1) is 17.6 Å². The Balaban J connectivity index is 1.69. The summed E-state index contributed by atoms with van der Waals surface area (Å²) in [6, 6.07) is 16.3. The van der Waals surface area contributed by atoms with E-state index in [0.717, 1.165) is 18.4 Å². The van der Waals surface area contributed by atoms with Crippen LogP contribution in [0.1, 0.15) is 34.3 Å². The van der Waals surface area contributed by atoms with Gasteiger partial charge in [0.15, 0.2) is 0 Å². The third-order valence-corrected chi connectivity index (χ3v) is 4.72. The molecule has 1 fully saturated rings. The number of nitrogens with zero attached hydrogens (tertiary/aromatic N) is 2. The van der Waals surface area contributed by atoms with Crippen molar-refractivity contribution in [2.24, 2.45) is 11.7 Å². The Bertz CT molecular complexity index is 888. The number of piperidine rings is 1. The lowest BCUT2D eigenvalue weighted by molar-refractivity contribution is -0.123. The Kier molecular flexibility index (Phi) is 5.72. The van der Waals surface area contributed by atoms with E-state index in [1.807, 2.05) is 12.1 Å². The molecule has 27 heavy (non-hydrogen) atoms. The Morgan fingerprint density at radius 3 is 2.81 bits per heavy atom. The maximum Gasteiger partial charge on any atom is 0.254 e. The lowest BCUT2D eigenvalue weighted by atomic mass is 9.97. The molecule has 6 heteroatoms. The first-order valence-electron chi connectivity index (χ1n) is 8.88. The van der Waals surface area contributed by atoms with Gasteiger partial charge in [-0.2, -0.15) is 5.26 Å². The summed E-state index contributed by atoms with van der Waals surface area (Å²) in [5, 5.41) is 9.15. The van der Waals surface area contributed by atoms with Crippen LogP contribution in [0.5, 0.6) is 5.75 Å². The minimum absolute atomic E-state index is 0.135. The van der Waals surface area contributed by atoms with Crippen LogP contribution in [0.2, 0.25) is 0 Å². The number of primary amides is 1. The quantitative estimate of drug-likeness (QED) is 0.882. The lowest BCUT2D eigenvalue weighted by Crippen LogP contribution is -2.44. The predicted molar refractivity (Wildman–Crippen MR) is 99.8 cm³/mol. The molecule has 3 rings (SSSR count). The molecule has 1 heterocycles. The van der Waals surface area contributed by atoms with Crippen LogP contribution in [-0.2, 0) is 11.4 Å². The summed E-state index contributed by atoms with van der Waals surface area (Å²) < 4.78 is 5.78. The third kappa shape index (κ3) is 4.45. The summed E-state index contributed by atoms with van der Waals surface area (Å²) in [4.78, 5) is 25.9. The minimum Gasteiger partial charge on any atom is -0.489 e. The summed E-state index contributed by atoms with van der Waals surface area (Å²) in [6.45, 7) is 1.22. The van der Waals surface area contributed by atoms with Crippen molar-refractivity contribution in [2.45, 2.75) is 19.4 Å². The van der Waals surface area contributed by atoms with Gasteiger partial charge in [0.2, 0.25) is 5.91 Å². The number of carbonyl (C=O) groups is 2. The molecule has 1 aliphatic heterocycles. The van der Waals surface area contributed by atoms with Crippen molar-refractivity contribution in [1.82, 2.24) is 4.90 Å². The molecule has 1 aliphatic rings. The number of benzene rings is 2.